The van der Waals surface area contributed by atoms with Gasteiger partial charge in [-0.15, -0.1) is 0 Å². The number of H-pyrrole nitrogens is 1. The first-order chi connectivity index (χ1) is 10.4. The number of aromatic nitrogens is 4. The van der Waals surface area contributed by atoms with Gasteiger partial charge in [0.05, 0.1) is 23.4 Å². The van der Waals surface area contributed by atoms with E-state index in [0.717, 1.165) is 6.26 Å². The first kappa shape index (κ1) is 14.3. The number of imidazole rings is 1. The average Bonchev–Trinajstić information content (AvgIpc) is 2.97. The fraction of sp³-hybridized carbons (Fsp3) is 0.0714. The zero-order valence-corrected chi connectivity index (χ0v) is 12.3. The maximum absolute atomic E-state index is 13.0. The Bertz CT molecular complexity index is 920. The molecular formula is C14H11FN4O2S. The van der Waals surface area contributed by atoms with Gasteiger partial charge in [0, 0.05) is 18.0 Å². The maximum Gasteiger partial charge on any atom is 0.247 e. The summed E-state index contributed by atoms with van der Waals surface area (Å²) >= 11 is 0. The van der Waals surface area contributed by atoms with E-state index in [2.05, 4.69) is 19.9 Å². The van der Waals surface area contributed by atoms with Gasteiger partial charge < -0.3 is 4.98 Å². The standard InChI is InChI=1S/C14H11FN4O2S/c1-22(20,21)14-16-7-6-11(19-14)13-12(17-8-18-13)9-2-4-10(15)5-3-9/h2-8H,1H3,(H,17,18). The third kappa shape index (κ3) is 2.73. The van der Waals surface area contributed by atoms with Gasteiger partial charge in [-0.05, 0) is 30.3 Å². The van der Waals surface area contributed by atoms with Gasteiger partial charge in [0.25, 0.3) is 0 Å². The Morgan fingerprint density at radius 3 is 2.50 bits per heavy atom. The highest BCUT2D eigenvalue weighted by molar-refractivity contribution is 7.90. The quantitative estimate of drug-likeness (QED) is 0.747. The van der Waals surface area contributed by atoms with Crippen LogP contribution in [-0.2, 0) is 9.84 Å². The molecule has 0 aliphatic rings. The second-order valence-corrected chi connectivity index (χ2v) is 6.54. The largest absolute Gasteiger partial charge is 0.343 e. The minimum atomic E-state index is -3.51. The lowest BCUT2D eigenvalue weighted by molar-refractivity contribution is 0.593. The molecule has 1 N–H and O–H groups in total. The molecule has 22 heavy (non-hydrogen) atoms. The number of hydrogen-bond donors (Lipinski definition) is 1. The molecule has 0 saturated carbocycles. The lowest BCUT2D eigenvalue weighted by Gasteiger charge is -2.04. The summed E-state index contributed by atoms with van der Waals surface area (Å²) in [4.78, 5) is 14.9. The van der Waals surface area contributed by atoms with E-state index < -0.39 is 9.84 Å². The highest BCUT2D eigenvalue weighted by Gasteiger charge is 2.16. The third-order valence-electron chi connectivity index (χ3n) is 2.98. The zero-order valence-electron chi connectivity index (χ0n) is 11.5. The van der Waals surface area contributed by atoms with Crippen LogP contribution < -0.4 is 0 Å². The lowest BCUT2D eigenvalue weighted by atomic mass is 10.1. The van der Waals surface area contributed by atoms with Crippen LogP contribution in [0.1, 0.15) is 0 Å². The molecule has 0 spiro atoms. The van der Waals surface area contributed by atoms with Crippen LogP contribution in [0.3, 0.4) is 0 Å². The molecule has 0 amide bonds. The van der Waals surface area contributed by atoms with Crippen molar-refractivity contribution in [3.05, 3.63) is 48.7 Å². The van der Waals surface area contributed by atoms with Crippen LogP contribution in [-0.4, -0.2) is 34.6 Å². The summed E-state index contributed by atoms with van der Waals surface area (Å²) in [6.45, 7) is 0. The molecule has 2 heterocycles. The molecule has 0 unspecified atom stereocenters. The van der Waals surface area contributed by atoms with Crippen molar-refractivity contribution >= 4 is 9.84 Å². The summed E-state index contributed by atoms with van der Waals surface area (Å²) in [5, 5.41) is -0.260. The van der Waals surface area contributed by atoms with Gasteiger partial charge in [-0.2, -0.15) is 0 Å². The Morgan fingerprint density at radius 2 is 1.82 bits per heavy atom. The number of nitrogens with one attached hydrogen (secondary N) is 1. The van der Waals surface area contributed by atoms with Crippen LogP contribution in [0.5, 0.6) is 0 Å². The number of hydrogen-bond acceptors (Lipinski definition) is 5. The predicted molar refractivity (Wildman–Crippen MR) is 78.1 cm³/mol. The number of sulfone groups is 1. The van der Waals surface area contributed by atoms with Gasteiger partial charge >= 0.3 is 0 Å². The van der Waals surface area contributed by atoms with Crippen molar-refractivity contribution in [2.45, 2.75) is 5.16 Å². The molecule has 0 radical (unpaired) electrons. The lowest BCUT2D eigenvalue weighted by Crippen LogP contribution is -2.04. The fourth-order valence-corrected chi connectivity index (χ4v) is 2.49. The summed E-state index contributed by atoms with van der Waals surface area (Å²) in [5.41, 5.74) is 2.18. The second-order valence-electron chi connectivity index (χ2n) is 4.63. The third-order valence-corrected chi connectivity index (χ3v) is 3.84. The number of nitrogens with zero attached hydrogens (tertiary/aromatic N) is 3. The van der Waals surface area contributed by atoms with Gasteiger partial charge in [0.2, 0.25) is 15.0 Å². The van der Waals surface area contributed by atoms with Crippen molar-refractivity contribution in [2.24, 2.45) is 0 Å². The summed E-state index contributed by atoms with van der Waals surface area (Å²) in [6, 6.07) is 7.42. The molecule has 0 atom stereocenters. The van der Waals surface area contributed by atoms with E-state index in [9.17, 15) is 12.8 Å². The van der Waals surface area contributed by atoms with Crippen molar-refractivity contribution in [1.82, 2.24) is 19.9 Å². The average molecular weight is 318 g/mol. The number of halogens is 1. The summed E-state index contributed by atoms with van der Waals surface area (Å²) in [7, 11) is -3.51. The molecule has 2 aromatic heterocycles. The van der Waals surface area contributed by atoms with Gasteiger partial charge in [-0.1, -0.05) is 0 Å². The maximum atomic E-state index is 13.0. The molecule has 0 fully saturated rings. The van der Waals surface area contributed by atoms with Crippen molar-refractivity contribution in [1.29, 1.82) is 0 Å². The van der Waals surface area contributed by atoms with Crippen molar-refractivity contribution in [3.8, 4) is 22.6 Å². The molecular weight excluding hydrogens is 307 g/mol. The van der Waals surface area contributed by atoms with Gasteiger partial charge in [0.15, 0.2) is 0 Å². The first-order valence-corrected chi connectivity index (χ1v) is 8.17. The predicted octanol–water partition coefficient (Wildman–Crippen LogP) is 2.08. The molecule has 3 aromatic rings. The van der Waals surface area contributed by atoms with Crippen LogP contribution in [0, 0.1) is 5.82 Å². The highest BCUT2D eigenvalue weighted by Crippen LogP contribution is 2.27. The van der Waals surface area contributed by atoms with Crippen molar-refractivity contribution in [2.75, 3.05) is 6.26 Å². The van der Waals surface area contributed by atoms with Crippen molar-refractivity contribution in [3.63, 3.8) is 0 Å². The van der Waals surface area contributed by atoms with Crippen LogP contribution in [0.15, 0.2) is 48.0 Å². The minimum absolute atomic E-state index is 0.260. The number of benzene rings is 1. The molecule has 6 nitrogen and oxygen atoms in total. The molecule has 0 aliphatic heterocycles. The molecule has 1 aromatic carbocycles. The first-order valence-electron chi connectivity index (χ1n) is 6.28. The summed E-state index contributed by atoms with van der Waals surface area (Å²) in [6.07, 6.45) is 3.88. The Hall–Kier alpha value is -2.61. The summed E-state index contributed by atoms with van der Waals surface area (Å²) < 4.78 is 36.1. The molecule has 0 bridgehead atoms. The van der Waals surface area contributed by atoms with Crippen molar-refractivity contribution < 1.29 is 12.8 Å². The fourth-order valence-electron chi connectivity index (χ4n) is 1.97. The van der Waals surface area contributed by atoms with E-state index >= 15 is 0 Å². The molecule has 3 rings (SSSR count). The SMILES string of the molecule is CS(=O)(=O)c1nccc(-c2[nH]cnc2-c2ccc(F)cc2)n1. The summed E-state index contributed by atoms with van der Waals surface area (Å²) in [5.74, 6) is -0.345. The number of aromatic amines is 1. The smallest absolute Gasteiger partial charge is 0.247 e. The Morgan fingerprint density at radius 1 is 1.09 bits per heavy atom. The monoisotopic (exact) mass is 318 g/mol. The zero-order chi connectivity index (χ0) is 15.7. The van der Waals surface area contributed by atoms with E-state index in [-0.39, 0.29) is 11.0 Å². The Kier molecular flexibility index (Phi) is 3.45. The molecule has 112 valence electrons. The van der Waals surface area contributed by atoms with Crippen LogP contribution in [0.2, 0.25) is 0 Å². The molecule has 0 saturated heterocycles. The van der Waals surface area contributed by atoms with E-state index in [1.54, 1.807) is 18.2 Å². The van der Waals surface area contributed by atoms with Gasteiger partial charge in [-0.25, -0.2) is 27.8 Å². The van der Waals surface area contributed by atoms with E-state index in [0.29, 0.717) is 22.6 Å². The second kappa shape index (κ2) is 5.30. The minimum Gasteiger partial charge on any atom is -0.343 e. The highest BCUT2D eigenvalue weighted by atomic mass is 32.2. The van der Waals surface area contributed by atoms with E-state index in [1.165, 1.54) is 24.7 Å². The van der Waals surface area contributed by atoms with Crippen LogP contribution in [0.4, 0.5) is 4.39 Å². The molecule has 8 heteroatoms. The normalized spacial score (nSPS) is 11.5. The Balaban J connectivity index is 2.11. The van der Waals surface area contributed by atoms with Crippen LogP contribution in [0.25, 0.3) is 22.6 Å². The van der Waals surface area contributed by atoms with Crippen LogP contribution >= 0.6 is 0 Å². The number of rotatable bonds is 3. The van der Waals surface area contributed by atoms with E-state index in [4.69, 9.17) is 0 Å². The Labute approximate surface area is 126 Å². The van der Waals surface area contributed by atoms with E-state index in [1.807, 2.05) is 0 Å². The van der Waals surface area contributed by atoms with Gasteiger partial charge in [0.1, 0.15) is 5.82 Å². The van der Waals surface area contributed by atoms with Gasteiger partial charge in [-0.3, -0.25) is 0 Å². The topological polar surface area (TPSA) is 88.6 Å². The molecule has 0 aliphatic carbocycles.